The van der Waals surface area contributed by atoms with Gasteiger partial charge in [-0.1, -0.05) is 0 Å². The van der Waals surface area contributed by atoms with Crippen LogP contribution >= 0.6 is 12.2 Å². The molecule has 3 atom stereocenters. The second kappa shape index (κ2) is 3.17. The number of H-pyrrole nitrogens is 1. The standard InChI is InChI=1S/C9H13N3OS/c14-9-11-10-5-12(9)7-3-1-6-2-4-8(7)13-6/h5-8H,1-4H2,(H,11,14). The highest BCUT2D eigenvalue weighted by Gasteiger charge is 2.37. The van der Waals surface area contributed by atoms with E-state index in [4.69, 9.17) is 17.0 Å². The largest absolute Gasteiger partial charge is 0.373 e. The minimum atomic E-state index is 0.359. The highest BCUT2D eigenvalue weighted by molar-refractivity contribution is 7.71. The maximum absolute atomic E-state index is 5.88. The van der Waals surface area contributed by atoms with Gasteiger partial charge in [0.05, 0.1) is 18.2 Å². The van der Waals surface area contributed by atoms with Crippen LogP contribution in [0.1, 0.15) is 31.7 Å². The average molecular weight is 211 g/mol. The summed E-state index contributed by atoms with van der Waals surface area (Å²) in [5.74, 6) is 0. The summed E-state index contributed by atoms with van der Waals surface area (Å²) in [6.07, 6.45) is 7.37. The maximum atomic E-state index is 5.88. The number of hydrogen-bond donors (Lipinski definition) is 1. The molecule has 2 bridgehead atoms. The molecule has 0 amide bonds. The van der Waals surface area contributed by atoms with E-state index in [-0.39, 0.29) is 0 Å². The summed E-state index contributed by atoms with van der Waals surface area (Å²) in [4.78, 5) is 0. The van der Waals surface area contributed by atoms with Gasteiger partial charge in [-0.15, -0.1) is 0 Å². The van der Waals surface area contributed by atoms with Crippen molar-refractivity contribution >= 4 is 12.2 Å². The first-order chi connectivity index (χ1) is 6.84. The quantitative estimate of drug-likeness (QED) is 0.721. The molecule has 3 rings (SSSR count). The fraction of sp³-hybridized carbons (Fsp3) is 0.778. The number of aromatic nitrogens is 3. The molecule has 3 heterocycles. The smallest absolute Gasteiger partial charge is 0.195 e. The van der Waals surface area contributed by atoms with Gasteiger partial charge in [-0.05, 0) is 37.9 Å². The van der Waals surface area contributed by atoms with Crippen molar-refractivity contribution in [3.05, 3.63) is 11.1 Å². The number of nitrogens with one attached hydrogen (secondary N) is 1. The van der Waals surface area contributed by atoms with Crippen LogP contribution in [0.2, 0.25) is 0 Å². The zero-order chi connectivity index (χ0) is 9.54. The third-order valence-electron chi connectivity index (χ3n) is 3.29. The summed E-state index contributed by atoms with van der Waals surface area (Å²) in [5, 5.41) is 6.75. The topological polar surface area (TPSA) is 42.8 Å². The van der Waals surface area contributed by atoms with Gasteiger partial charge in [-0.3, -0.25) is 5.10 Å². The van der Waals surface area contributed by atoms with E-state index in [9.17, 15) is 0 Å². The predicted octanol–water partition coefficient (Wildman–Crippen LogP) is 1.82. The monoisotopic (exact) mass is 211 g/mol. The van der Waals surface area contributed by atoms with Crippen molar-refractivity contribution in [3.63, 3.8) is 0 Å². The van der Waals surface area contributed by atoms with Crippen molar-refractivity contribution in [2.75, 3.05) is 0 Å². The number of fused-ring (bicyclic) bond motifs is 2. The number of ether oxygens (including phenoxy) is 1. The van der Waals surface area contributed by atoms with Crippen LogP contribution in [0, 0.1) is 4.77 Å². The van der Waals surface area contributed by atoms with Crippen molar-refractivity contribution in [2.45, 2.75) is 43.9 Å². The summed E-state index contributed by atoms with van der Waals surface area (Å²) < 4.78 is 8.64. The zero-order valence-electron chi connectivity index (χ0n) is 7.85. The van der Waals surface area contributed by atoms with Gasteiger partial charge in [0.2, 0.25) is 0 Å². The Morgan fingerprint density at radius 1 is 1.43 bits per heavy atom. The van der Waals surface area contributed by atoms with Crippen molar-refractivity contribution in [1.82, 2.24) is 14.8 Å². The lowest BCUT2D eigenvalue weighted by molar-refractivity contribution is -0.0273. The van der Waals surface area contributed by atoms with E-state index in [1.807, 2.05) is 4.57 Å². The van der Waals surface area contributed by atoms with Gasteiger partial charge in [0.1, 0.15) is 6.33 Å². The molecule has 2 fully saturated rings. The second-order valence-electron chi connectivity index (χ2n) is 4.09. The molecule has 3 unspecified atom stereocenters. The first-order valence-corrected chi connectivity index (χ1v) is 5.52. The Morgan fingerprint density at radius 3 is 3.07 bits per heavy atom. The fourth-order valence-corrected chi connectivity index (χ4v) is 2.82. The molecule has 5 heteroatoms. The van der Waals surface area contributed by atoms with E-state index < -0.39 is 0 Å². The van der Waals surface area contributed by atoms with Crippen LogP contribution in [0.5, 0.6) is 0 Å². The average Bonchev–Trinajstić information content (AvgIpc) is 2.76. The highest BCUT2D eigenvalue weighted by atomic mass is 32.1. The van der Waals surface area contributed by atoms with Crippen LogP contribution < -0.4 is 0 Å². The second-order valence-corrected chi connectivity index (χ2v) is 4.47. The molecular formula is C9H13N3OS. The van der Waals surface area contributed by atoms with E-state index in [0.717, 1.165) is 6.42 Å². The minimum absolute atomic E-state index is 0.359. The van der Waals surface area contributed by atoms with Crippen molar-refractivity contribution in [2.24, 2.45) is 0 Å². The van der Waals surface area contributed by atoms with Crippen LogP contribution in [0.3, 0.4) is 0 Å². The van der Waals surface area contributed by atoms with Gasteiger partial charge in [0.25, 0.3) is 0 Å². The van der Waals surface area contributed by atoms with Crippen molar-refractivity contribution < 1.29 is 4.74 Å². The van der Waals surface area contributed by atoms with Gasteiger partial charge in [0, 0.05) is 0 Å². The Hall–Kier alpha value is -0.680. The molecule has 0 aliphatic carbocycles. The molecule has 1 aromatic rings. The normalized spacial score (nSPS) is 36.1. The van der Waals surface area contributed by atoms with Gasteiger partial charge in [0.15, 0.2) is 4.77 Å². The van der Waals surface area contributed by atoms with E-state index in [1.165, 1.54) is 19.3 Å². The molecule has 14 heavy (non-hydrogen) atoms. The molecule has 2 saturated heterocycles. The van der Waals surface area contributed by atoms with E-state index in [2.05, 4.69) is 10.2 Å². The first-order valence-electron chi connectivity index (χ1n) is 5.11. The highest BCUT2D eigenvalue weighted by Crippen LogP contribution is 2.38. The van der Waals surface area contributed by atoms with Crippen molar-refractivity contribution in [3.8, 4) is 0 Å². The lowest BCUT2D eigenvalue weighted by Crippen LogP contribution is -2.29. The molecule has 1 N–H and O–H groups in total. The van der Waals surface area contributed by atoms with Gasteiger partial charge >= 0.3 is 0 Å². The minimum Gasteiger partial charge on any atom is -0.373 e. The van der Waals surface area contributed by atoms with E-state index >= 15 is 0 Å². The Kier molecular flexibility index (Phi) is 1.95. The Labute approximate surface area is 87.3 Å². The number of aromatic amines is 1. The molecule has 2 aliphatic rings. The summed E-state index contributed by atoms with van der Waals surface area (Å²) >= 11 is 5.17. The molecule has 0 radical (unpaired) electrons. The molecule has 2 aliphatic heterocycles. The fourth-order valence-electron chi connectivity index (χ4n) is 2.58. The molecule has 1 aromatic heterocycles. The summed E-state index contributed by atoms with van der Waals surface area (Å²) in [5.41, 5.74) is 0. The third kappa shape index (κ3) is 1.23. The van der Waals surface area contributed by atoms with Crippen LogP contribution in [-0.2, 0) is 4.74 Å². The summed E-state index contributed by atoms with van der Waals surface area (Å²) in [6, 6.07) is 0.403. The molecule has 76 valence electrons. The van der Waals surface area contributed by atoms with E-state index in [0.29, 0.717) is 23.0 Å². The molecule has 4 nitrogen and oxygen atoms in total. The molecule has 0 saturated carbocycles. The number of rotatable bonds is 1. The predicted molar refractivity (Wildman–Crippen MR) is 53.6 cm³/mol. The zero-order valence-corrected chi connectivity index (χ0v) is 8.67. The lowest BCUT2D eigenvalue weighted by Gasteiger charge is -2.29. The molecule has 0 spiro atoms. The van der Waals surface area contributed by atoms with E-state index in [1.54, 1.807) is 6.33 Å². The van der Waals surface area contributed by atoms with Gasteiger partial charge < -0.3 is 9.30 Å². The van der Waals surface area contributed by atoms with Crippen LogP contribution in [0.4, 0.5) is 0 Å². The van der Waals surface area contributed by atoms with Crippen LogP contribution in [0.25, 0.3) is 0 Å². The Morgan fingerprint density at radius 2 is 2.29 bits per heavy atom. The van der Waals surface area contributed by atoms with Crippen molar-refractivity contribution in [1.29, 1.82) is 0 Å². The van der Waals surface area contributed by atoms with Gasteiger partial charge in [-0.2, -0.15) is 5.10 Å². The summed E-state index contributed by atoms with van der Waals surface area (Å²) in [6.45, 7) is 0. The van der Waals surface area contributed by atoms with Crippen LogP contribution in [0.15, 0.2) is 6.33 Å². The SMILES string of the molecule is S=c1[nH]ncn1C1CCC2CCC1O2. The molecular weight excluding hydrogens is 198 g/mol. The Bertz CT molecular complexity index is 385. The molecule has 0 aromatic carbocycles. The first kappa shape index (κ1) is 8.61. The van der Waals surface area contributed by atoms with Gasteiger partial charge in [-0.25, -0.2) is 0 Å². The Balaban J connectivity index is 1.92. The number of nitrogens with zero attached hydrogens (tertiary/aromatic N) is 2. The van der Waals surface area contributed by atoms with Crippen LogP contribution in [-0.4, -0.2) is 27.0 Å². The summed E-state index contributed by atoms with van der Waals surface area (Å²) in [7, 11) is 0. The lowest BCUT2D eigenvalue weighted by atomic mass is 10.0. The maximum Gasteiger partial charge on any atom is 0.195 e. The number of hydrogen-bond acceptors (Lipinski definition) is 3. The third-order valence-corrected chi connectivity index (χ3v) is 3.59.